The average Bonchev–Trinajstić information content (AvgIpc) is 2.84. The molecule has 0 radical (unpaired) electrons. The van der Waals surface area contributed by atoms with Gasteiger partial charge in [0.05, 0.1) is 21.7 Å². The Kier molecular flexibility index (Phi) is 6.57. The highest BCUT2D eigenvalue weighted by atomic mass is 35.5. The summed E-state index contributed by atoms with van der Waals surface area (Å²) in [5.41, 5.74) is -1.85. The molecule has 7 nitrogen and oxygen atoms in total. The van der Waals surface area contributed by atoms with Crippen molar-refractivity contribution in [2.75, 3.05) is 5.32 Å². The quantitative estimate of drug-likeness (QED) is 0.369. The van der Waals surface area contributed by atoms with Crippen molar-refractivity contribution >= 4 is 39.9 Å². The monoisotopic (exact) mass is 501 g/mol. The SMILES string of the molecule is O=C(O[C@H](C(=O)Nc1cc(C(F)(F)F)ccc1Cl)c1ccccc1)c1n[nH]c(=O)c2ccccc12. The van der Waals surface area contributed by atoms with Crippen LogP contribution in [0.1, 0.15) is 27.7 Å². The van der Waals surface area contributed by atoms with Gasteiger partial charge in [-0.2, -0.15) is 18.3 Å². The first-order valence-electron chi connectivity index (χ1n) is 10.1. The molecule has 1 amide bonds. The van der Waals surface area contributed by atoms with E-state index >= 15 is 0 Å². The maximum Gasteiger partial charge on any atom is 0.416 e. The second-order valence-corrected chi connectivity index (χ2v) is 7.73. The van der Waals surface area contributed by atoms with Gasteiger partial charge in [-0.15, -0.1) is 0 Å². The van der Waals surface area contributed by atoms with Crippen LogP contribution in [0.25, 0.3) is 10.8 Å². The van der Waals surface area contributed by atoms with E-state index in [1.54, 1.807) is 30.3 Å². The van der Waals surface area contributed by atoms with Crippen LogP contribution in [0.4, 0.5) is 18.9 Å². The first-order valence-corrected chi connectivity index (χ1v) is 10.4. The fourth-order valence-electron chi connectivity index (χ4n) is 3.33. The number of aromatic nitrogens is 2. The largest absolute Gasteiger partial charge is 0.442 e. The number of benzene rings is 3. The zero-order valence-electron chi connectivity index (χ0n) is 17.6. The number of carbonyl (C=O) groups is 2. The lowest BCUT2D eigenvalue weighted by Crippen LogP contribution is -2.27. The number of rotatable bonds is 5. The number of alkyl halides is 3. The molecule has 0 unspecified atom stereocenters. The minimum Gasteiger partial charge on any atom is -0.442 e. The third-order valence-electron chi connectivity index (χ3n) is 5.01. The lowest BCUT2D eigenvalue weighted by Gasteiger charge is -2.19. The fourth-order valence-corrected chi connectivity index (χ4v) is 3.49. The molecule has 0 fully saturated rings. The lowest BCUT2D eigenvalue weighted by atomic mass is 10.1. The van der Waals surface area contributed by atoms with Crippen LogP contribution in [-0.2, 0) is 15.7 Å². The maximum absolute atomic E-state index is 13.1. The number of nitrogens with one attached hydrogen (secondary N) is 2. The number of anilines is 1. The molecule has 0 spiro atoms. The van der Waals surface area contributed by atoms with Gasteiger partial charge >= 0.3 is 12.1 Å². The Bertz CT molecular complexity index is 1470. The molecule has 4 rings (SSSR count). The minimum absolute atomic E-state index is 0.141. The van der Waals surface area contributed by atoms with Gasteiger partial charge in [0.2, 0.25) is 6.10 Å². The Morgan fingerprint density at radius 3 is 2.31 bits per heavy atom. The van der Waals surface area contributed by atoms with Gasteiger partial charge in [-0.25, -0.2) is 9.89 Å². The summed E-state index contributed by atoms with van der Waals surface area (Å²) in [6.07, 6.45) is -6.23. The van der Waals surface area contributed by atoms with Crippen LogP contribution < -0.4 is 10.9 Å². The van der Waals surface area contributed by atoms with Crippen molar-refractivity contribution in [1.82, 2.24) is 10.2 Å². The summed E-state index contributed by atoms with van der Waals surface area (Å²) in [6.45, 7) is 0. The molecule has 35 heavy (non-hydrogen) atoms. The van der Waals surface area contributed by atoms with Gasteiger partial charge in [0.15, 0.2) is 5.69 Å². The highest BCUT2D eigenvalue weighted by molar-refractivity contribution is 6.33. The molecule has 1 aromatic heterocycles. The first kappa shape index (κ1) is 24.0. The number of fused-ring (bicyclic) bond motifs is 1. The molecule has 3 aromatic carbocycles. The summed E-state index contributed by atoms with van der Waals surface area (Å²) in [5.74, 6) is -1.98. The maximum atomic E-state index is 13.1. The molecular formula is C24H15ClF3N3O4. The predicted molar refractivity (Wildman–Crippen MR) is 122 cm³/mol. The average molecular weight is 502 g/mol. The van der Waals surface area contributed by atoms with Gasteiger partial charge in [-0.3, -0.25) is 9.59 Å². The summed E-state index contributed by atoms with van der Waals surface area (Å²) in [7, 11) is 0. The zero-order chi connectivity index (χ0) is 25.2. The third kappa shape index (κ3) is 5.17. The Morgan fingerprint density at radius 1 is 0.971 bits per heavy atom. The molecule has 1 heterocycles. The van der Waals surface area contributed by atoms with Crippen LogP contribution in [0.15, 0.2) is 77.6 Å². The van der Waals surface area contributed by atoms with Gasteiger partial charge in [0, 0.05) is 10.9 Å². The van der Waals surface area contributed by atoms with Gasteiger partial charge in [0.25, 0.3) is 11.5 Å². The van der Waals surface area contributed by atoms with E-state index in [0.29, 0.717) is 6.07 Å². The smallest absolute Gasteiger partial charge is 0.416 e. The van der Waals surface area contributed by atoms with E-state index in [0.717, 1.165) is 12.1 Å². The summed E-state index contributed by atoms with van der Waals surface area (Å²) >= 11 is 5.99. The number of amides is 1. The molecule has 178 valence electrons. The van der Waals surface area contributed by atoms with Crippen LogP contribution in [-0.4, -0.2) is 22.1 Å². The van der Waals surface area contributed by atoms with Crippen LogP contribution in [0, 0.1) is 0 Å². The summed E-state index contributed by atoms with van der Waals surface area (Å²) < 4.78 is 44.8. The molecule has 0 saturated carbocycles. The molecule has 4 aromatic rings. The molecular weight excluding hydrogens is 487 g/mol. The second kappa shape index (κ2) is 9.59. The van der Waals surface area contributed by atoms with Crippen molar-refractivity contribution in [2.24, 2.45) is 0 Å². The van der Waals surface area contributed by atoms with E-state index in [2.05, 4.69) is 15.5 Å². The number of aromatic amines is 1. The Morgan fingerprint density at radius 2 is 1.63 bits per heavy atom. The molecule has 0 aliphatic heterocycles. The van der Waals surface area contributed by atoms with E-state index in [1.807, 2.05) is 0 Å². The summed E-state index contributed by atoms with van der Waals surface area (Å²) in [4.78, 5) is 38.1. The molecule has 0 bridgehead atoms. The normalized spacial score (nSPS) is 12.2. The highest BCUT2D eigenvalue weighted by Crippen LogP contribution is 2.34. The van der Waals surface area contributed by atoms with Gasteiger partial charge in [-0.1, -0.05) is 60.1 Å². The highest BCUT2D eigenvalue weighted by Gasteiger charge is 2.32. The van der Waals surface area contributed by atoms with Crippen molar-refractivity contribution < 1.29 is 27.5 Å². The molecule has 2 N–H and O–H groups in total. The summed E-state index contributed by atoms with van der Waals surface area (Å²) in [5, 5.41) is 8.51. The number of halogens is 4. The van der Waals surface area contributed by atoms with Gasteiger partial charge < -0.3 is 10.1 Å². The number of carbonyl (C=O) groups excluding carboxylic acids is 2. The van der Waals surface area contributed by atoms with E-state index < -0.39 is 35.3 Å². The number of nitrogens with zero attached hydrogens (tertiary/aromatic N) is 1. The standard InChI is InChI=1S/C24H15ClF3N3O4/c25-17-11-10-14(24(26,27)28)12-18(17)29-22(33)20(13-6-2-1-3-7-13)35-23(34)19-15-8-4-5-9-16(15)21(32)31-30-19/h1-12,20H,(H,29,33)(H,31,32)/t20-/m0/s1. The minimum atomic E-state index is -4.66. The van der Waals surface area contributed by atoms with Crippen LogP contribution in [0.2, 0.25) is 5.02 Å². The molecule has 11 heteroatoms. The lowest BCUT2D eigenvalue weighted by molar-refractivity contribution is -0.137. The van der Waals surface area contributed by atoms with E-state index in [4.69, 9.17) is 16.3 Å². The van der Waals surface area contributed by atoms with E-state index in [1.165, 1.54) is 24.3 Å². The van der Waals surface area contributed by atoms with Crippen LogP contribution in [0.3, 0.4) is 0 Å². The van der Waals surface area contributed by atoms with Crippen molar-refractivity contribution in [3.63, 3.8) is 0 Å². The van der Waals surface area contributed by atoms with E-state index in [-0.39, 0.29) is 32.7 Å². The number of H-pyrrole nitrogens is 1. The number of esters is 1. The zero-order valence-corrected chi connectivity index (χ0v) is 18.4. The van der Waals surface area contributed by atoms with Gasteiger partial charge in [-0.05, 0) is 24.3 Å². The Labute approximate surface area is 200 Å². The Balaban J connectivity index is 1.68. The predicted octanol–water partition coefficient (Wildman–Crippen LogP) is 5.13. The van der Waals surface area contributed by atoms with Crippen molar-refractivity contribution in [3.05, 3.63) is 105 Å². The van der Waals surface area contributed by atoms with E-state index in [9.17, 15) is 27.6 Å². The van der Waals surface area contributed by atoms with Crippen molar-refractivity contribution in [3.8, 4) is 0 Å². The number of ether oxygens (including phenoxy) is 1. The molecule has 0 saturated heterocycles. The first-order chi connectivity index (χ1) is 16.6. The Hall–Kier alpha value is -4.18. The van der Waals surface area contributed by atoms with Crippen LogP contribution >= 0.6 is 11.6 Å². The number of hydrogen-bond donors (Lipinski definition) is 2. The third-order valence-corrected chi connectivity index (χ3v) is 5.34. The number of hydrogen-bond acceptors (Lipinski definition) is 5. The summed E-state index contributed by atoms with van der Waals surface area (Å²) in [6, 6.07) is 16.5. The molecule has 1 atom stereocenters. The van der Waals surface area contributed by atoms with Gasteiger partial charge in [0.1, 0.15) is 0 Å². The van der Waals surface area contributed by atoms with Crippen LogP contribution in [0.5, 0.6) is 0 Å². The molecule has 0 aliphatic carbocycles. The van der Waals surface area contributed by atoms with Crippen molar-refractivity contribution in [2.45, 2.75) is 12.3 Å². The molecule has 0 aliphatic rings. The topological polar surface area (TPSA) is 101 Å². The fraction of sp³-hybridized carbons (Fsp3) is 0.0833. The van der Waals surface area contributed by atoms with Crippen molar-refractivity contribution in [1.29, 1.82) is 0 Å². The second-order valence-electron chi connectivity index (χ2n) is 7.32.